The van der Waals surface area contributed by atoms with Crippen molar-refractivity contribution in [1.29, 1.82) is 5.26 Å². The Bertz CT molecular complexity index is 990. The number of benzene rings is 2. The quantitative estimate of drug-likeness (QED) is 0.471. The Morgan fingerprint density at radius 3 is 2.56 bits per heavy atom. The number of fused-ring (bicyclic) bond motifs is 1. The predicted molar refractivity (Wildman–Crippen MR) is 111 cm³/mol. The minimum Gasteiger partial charge on any atom is -0.326 e. The Balaban J connectivity index is 2.03. The second-order valence-electron chi connectivity index (χ2n) is 5.70. The number of hydrogen-bond donors (Lipinski definition) is 1. The maximum absolute atomic E-state index is 9.06. The Kier molecular flexibility index (Phi) is 5.64. The van der Waals surface area contributed by atoms with Crippen molar-refractivity contribution in [1.82, 2.24) is 9.78 Å². The average Bonchev–Trinajstić information content (AvgIpc) is 3.03. The van der Waals surface area contributed by atoms with Crippen LogP contribution in [0.1, 0.15) is 29.7 Å². The monoisotopic (exact) mass is 458 g/mol. The van der Waals surface area contributed by atoms with Crippen LogP contribution in [0.3, 0.4) is 0 Å². The van der Waals surface area contributed by atoms with E-state index in [-0.39, 0.29) is 12.1 Å². The van der Waals surface area contributed by atoms with E-state index in [2.05, 4.69) is 43.5 Å². The first kappa shape index (κ1) is 17.8. The molecular formula is C19H15IN4S. The van der Waals surface area contributed by atoms with Crippen LogP contribution in [0.4, 0.5) is 0 Å². The second kappa shape index (κ2) is 7.92. The van der Waals surface area contributed by atoms with Gasteiger partial charge in [-0.1, -0.05) is 18.1 Å². The maximum Gasteiger partial charge on any atom is 0.0991 e. The zero-order valence-corrected chi connectivity index (χ0v) is 16.5. The van der Waals surface area contributed by atoms with Crippen molar-refractivity contribution in [3.05, 3.63) is 65.4 Å². The van der Waals surface area contributed by atoms with E-state index in [1.807, 2.05) is 48.0 Å². The zero-order valence-electron chi connectivity index (χ0n) is 13.5. The SMILES string of the molecule is CC(N)C(c1ccc(C#CSI)cc1)n1ncc2cc(C#N)ccc21. The van der Waals surface area contributed by atoms with Crippen molar-refractivity contribution in [2.75, 3.05) is 0 Å². The van der Waals surface area contributed by atoms with Gasteiger partial charge in [-0.2, -0.15) is 10.4 Å². The van der Waals surface area contributed by atoms with E-state index >= 15 is 0 Å². The van der Waals surface area contributed by atoms with Gasteiger partial charge >= 0.3 is 0 Å². The molecule has 2 atom stereocenters. The first-order chi connectivity index (χ1) is 12.1. The highest BCUT2D eigenvalue weighted by Gasteiger charge is 2.21. The number of nitrogens with two attached hydrogens (primary N) is 1. The lowest BCUT2D eigenvalue weighted by molar-refractivity contribution is 0.466. The highest BCUT2D eigenvalue weighted by atomic mass is 127. The molecule has 0 radical (unpaired) electrons. The van der Waals surface area contributed by atoms with Crippen molar-refractivity contribution in [3.63, 3.8) is 0 Å². The van der Waals surface area contributed by atoms with Crippen LogP contribution >= 0.6 is 30.1 Å². The van der Waals surface area contributed by atoms with E-state index in [4.69, 9.17) is 11.0 Å². The van der Waals surface area contributed by atoms with Crippen molar-refractivity contribution in [2.45, 2.75) is 19.0 Å². The fraction of sp³-hybridized carbons (Fsp3) is 0.158. The van der Waals surface area contributed by atoms with Crippen LogP contribution < -0.4 is 5.73 Å². The zero-order chi connectivity index (χ0) is 17.8. The summed E-state index contributed by atoms with van der Waals surface area (Å²) in [7, 11) is 1.47. The van der Waals surface area contributed by atoms with Gasteiger partial charge in [-0.3, -0.25) is 4.68 Å². The molecule has 2 aromatic carbocycles. The van der Waals surface area contributed by atoms with Crippen molar-refractivity contribution in [3.8, 4) is 17.2 Å². The molecule has 0 amide bonds. The van der Waals surface area contributed by atoms with E-state index in [0.29, 0.717) is 5.56 Å². The first-order valence-corrected chi connectivity index (χ1v) is 11.0. The van der Waals surface area contributed by atoms with Crippen LogP contribution in [0.5, 0.6) is 0 Å². The van der Waals surface area contributed by atoms with Gasteiger partial charge in [0, 0.05) is 38.2 Å². The molecule has 25 heavy (non-hydrogen) atoms. The third kappa shape index (κ3) is 3.82. The van der Waals surface area contributed by atoms with Crippen LogP contribution in [-0.4, -0.2) is 15.8 Å². The summed E-state index contributed by atoms with van der Waals surface area (Å²) in [6.07, 6.45) is 1.78. The Hall–Kier alpha value is -2.00. The smallest absolute Gasteiger partial charge is 0.0991 e. The number of hydrogen-bond acceptors (Lipinski definition) is 4. The van der Waals surface area contributed by atoms with E-state index < -0.39 is 0 Å². The number of rotatable bonds is 3. The molecule has 0 aliphatic rings. The summed E-state index contributed by atoms with van der Waals surface area (Å²) in [6.45, 7) is 1.97. The van der Waals surface area contributed by atoms with E-state index in [1.165, 1.54) is 8.93 Å². The molecule has 2 unspecified atom stereocenters. The molecule has 3 aromatic rings. The molecule has 0 aliphatic carbocycles. The fourth-order valence-electron chi connectivity index (χ4n) is 2.85. The average molecular weight is 458 g/mol. The topological polar surface area (TPSA) is 67.6 Å². The van der Waals surface area contributed by atoms with Gasteiger partial charge in [0.2, 0.25) is 0 Å². The van der Waals surface area contributed by atoms with Crippen LogP contribution in [0.2, 0.25) is 0 Å². The molecule has 3 rings (SSSR count). The van der Waals surface area contributed by atoms with Crippen LogP contribution in [-0.2, 0) is 0 Å². The van der Waals surface area contributed by atoms with Crippen molar-refractivity contribution < 1.29 is 0 Å². The van der Waals surface area contributed by atoms with Gasteiger partial charge < -0.3 is 5.73 Å². The van der Waals surface area contributed by atoms with Crippen molar-refractivity contribution in [2.24, 2.45) is 5.73 Å². The van der Waals surface area contributed by atoms with E-state index in [1.54, 1.807) is 12.3 Å². The van der Waals surface area contributed by atoms with Gasteiger partial charge in [0.1, 0.15) is 0 Å². The number of halogens is 1. The molecule has 0 bridgehead atoms. The fourth-order valence-corrected chi connectivity index (χ4v) is 3.34. The molecule has 2 N–H and O–H groups in total. The number of aromatic nitrogens is 2. The lowest BCUT2D eigenvalue weighted by Crippen LogP contribution is -2.30. The van der Waals surface area contributed by atoms with Gasteiger partial charge in [0.15, 0.2) is 0 Å². The second-order valence-corrected chi connectivity index (χ2v) is 7.38. The highest BCUT2D eigenvalue weighted by molar-refractivity contribution is 14.2. The molecular weight excluding hydrogens is 443 g/mol. The first-order valence-electron chi connectivity index (χ1n) is 7.65. The van der Waals surface area contributed by atoms with Gasteiger partial charge in [-0.05, 0) is 57.0 Å². The largest absolute Gasteiger partial charge is 0.326 e. The van der Waals surface area contributed by atoms with Gasteiger partial charge in [-0.15, -0.1) is 0 Å². The third-order valence-corrected chi connectivity index (χ3v) is 4.81. The summed E-state index contributed by atoms with van der Waals surface area (Å²) in [6, 6.07) is 15.6. The Morgan fingerprint density at radius 2 is 1.92 bits per heavy atom. The summed E-state index contributed by atoms with van der Waals surface area (Å²) in [5.74, 6) is 3.09. The minimum absolute atomic E-state index is 0.0913. The summed E-state index contributed by atoms with van der Waals surface area (Å²) >= 11 is 2.15. The molecule has 0 saturated carbocycles. The molecule has 6 heteroatoms. The molecule has 0 saturated heterocycles. The molecule has 1 aromatic heterocycles. The molecule has 124 valence electrons. The molecule has 0 spiro atoms. The van der Waals surface area contributed by atoms with Crippen LogP contribution in [0.15, 0.2) is 48.7 Å². The van der Waals surface area contributed by atoms with Crippen LogP contribution in [0, 0.1) is 22.5 Å². The molecule has 4 nitrogen and oxygen atoms in total. The van der Waals surface area contributed by atoms with Crippen LogP contribution in [0.25, 0.3) is 10.9 Å². The third-order valence-electron chi connectivity index (χ3n) is 3.97. The lowest BCUT2D eigenvalue weighted by Gasteiger charge is -2.23. The summed E-state index contributed by atoms with van der Waals surface area (Å²) in [4.78, 5) is 0. The van der Waals surface area contributed by atoms with E-state index in [9.17, 15) is 0 Å². The summed E-state index contributed by atoms with van der Waals surface area (Å²) < 4.78 is 1.93. The highest BCUT2D eigenvalue weighted by Crippen LogP contribution is 2.26. The van der Waals surface area contributed by atoms with Crippen molar-refractivity contribution >= 4 is 41.0 Å². The summed E-state index contributed by atoms with van der Waals surface area (Å²) in [5, 5.41) is 17.5. The standard InChI is InChI=1S/C19H15IN4S/c1-13(22)19(16-5-2-14(3-6-16)8-9-25-20)24-18-7-4-15(11-21)10-17(18)12-23-24/h2-7,10,12-13,19H,22H2,1H3. The number of nitrogens with zero attached hydrogens (tertiary/aromatic N) is 3. The summed E-state index contributed by atoms with van der Waals surface area (Å²) in [5.41, 5.74) is 9.92. The minimum atomic E-state index is -0.124. The maximum atomic E-state index is 9.06. The Morgan fingerprint density at radius 1 is 1.20 bits per heavy atom. The van der Waals surface area contributed by atoms with E-state index in [0.717, 1.165) is 22.0 Å². The van der Waals surface area contributed by atoms with Gasteiger partial charge in [0.05, 0.1) is 29.4 Å². The normalized spacial score (nSPS) is 12.9. The Labute approximate surface area is 163 Å². The van der Waals surface area contributed by atoms with Gasteiger partial charge in [0.25, 0.3) is 0 Å². The molecule has 1 heterocycles. The predicted octanol–water partition coefficient (Wildman–Crippen LogP) is 4.24. The lowest BCUT2D eigenvalue weighted by atomic mass is 9.99. The van der Waals surface area contributed by atoms with Gasteiger partial charge in [-0.25, -0.2) is 0 Å². The molecule has 0 fully saturated rings. The molecule has 0 aliphatic heterocycles. The number of nitriles is 1.